The lowest BCUT2D eigenvalue weighted by Gasteiger charge is -2.55. The molecule has 26 heavy (non-hydrogen) atoms. The van der Waals surface area contributed by atoms with Crippen LogP contribution >= 0.6 is 0 Å². The summed E-state index contributed by atoms with van der Waals surface area (Å²) in [4.78, 5) is 14.4. The number of benzene rings is 1. The average Bonchev–Trinajstić information content (AvgIpc) is 2.58. The van der Waals surface area contributed by atoms with E-state index in [0.29, 0.717) is 18.7 Å². The molecule has 3 rings (SSSR count). The van der Waals surface area contributed by atoms with Gasteiger partial charge in [-0.3, -0.25) is 0 Å². The van der Waals surface area contributed by atoms with Crippen molar-refractivity contribution in [3.63, 3.8) is 0 Å². The van der Waals surface area contributed by atoms with Crippen LogP contribution in [0.4, 0.5) is 4.79 Å². The highest BCUT2D eigenvalue weighted by molar-refractivity contribution is 5.68. The van der Waals surface area contributed by atoms with E-state index in [1.165, 1.54) is 0 Å². The normalized spacial score (nSPS) is 28.3. The summed E-state index contributed by atoms with van der Waals surface area (Å²) in [6.07, 6.45) is 2.89. The van der Waals surface area contributed by atoms with Crippen LogP contribution in [0.15, 0.2) is 24.3 Å². The van der Waals surface area contributed by atoms with Crippen LogP contribution < -0.4 is 0 Å². The third-order valence-corrected chi connectivity index (χ3v) is 5.63. The highest BCUT2D eigenvalue weighted by Gasteiger charge is 2.54. The lowest BCUT2D eigenvalue weighted by Crippen LogP contribution is -2.60. The minimum Gasteiger partial charge on any atom is -0.444 e. The number of rotatable bonds is 2. The van der Waals surface area contributed by atoms with Crippen LogP contribution in [0.25, 0.3) is 0 Å². The Morgan fingerprint density at radius 2 is 1.92 bits per heavy atom. The topological polar surface area (TPSA) is 62.6 Å². The van der Waals surface area contributed by atoms with Gasteiger partial charge in [0.15, 0.2) is 0 Å². The van der Waals surface area contributed by atoms with Gasteiger partial charge in [-0.1, -0.05) is 18.6 Å². The smallest absolute Gasteiger partial charge is 0.410 e. The summed E-state index contributed by atoms with van der Waals surface area (Å²) in [5.41, 5.74) is 0.761. The van der Waals surface area contributed by atoms with Crippen LogP contribution in [0, 0.1) is 23.2 Å². The Kier molecular flexibility index (Phi) is 4.98. The molecule has 0 spiro atoms. The van der Waals surface area contributed by atoms with E-state index in [4.69, 9.17) is 9.47 Å². The Balaban J connectivity index is 1.92. The number of hydrogen-bond donors (Lipinski definition) is 0. The van der Waals surface area contributed by atoms with Crippen molar-refractivity contribution in [1.29, 1.82) is 5.26 Å². The highest BCUT2D eigenvalue weighted by Crippen LogP contribution is 2.51. The molecule has 5 heteroatoms. The maximum atomic E-state index is 12.6. The van der Waals surface area contributed by atoms with Gasteiger partial charge in [0.1, 0.15) is 11.2 Å². The van der Waals surface area contributed by atoms with E-state index in [1.807, 2.05) is 43.9 Å². The van der Waals surface area contributed by atoms with Gasteiger partial charge in [0.05, 0.1) is 11.6 Å². The van der Waals surface area contributed by atoms with Crippen LogP contribution in [0.2, 0.25) is 0 Å². The summed E-state index contributed by atoms with van der Waals surface area (Å²) in [5.74, 6) is 0.392. The molecule has 140 valence electrons. The molecule has 1 saturated heterocycles. The second kappa shape index (κ2) is 6.92. The largest absolute Gasteiger partial charge is 0.444 e. The molecular formula is C21H28N2O3. The molecule has 1 aromatic rings. The van der Waals surface area contributed by atoms with Gasteiger partial charge in [-0.2, -0.15) is 5.26 Å². The quantitative estimate of drug-likeness (QED) is 0.801. The zero-order valence-electron chi connectivity index (χ0n) is 16.1. The standard InChI is InChI=1S/C21H28N2O3/c1-20(2,3)26-19(24)23-13-17-9-6-10-18(14-23)21(17,25-4)16-8-5-7-15(11-16)12-22/h5,7-8,11,17-18H,6,9-10,13-14H2,1-4H3/t17-,18+,21?. The Morgan fingerprint density at radius 3 is 2.46 bits per heavy atom. The third-order valence-electron chi connectivity index (χ3n) is 5.63. The molecule has 0 aromatic heterocycles. The number of carbonyl (C=O) groups excluding carboxylic acids is 1. The zero-order valence-corrected chi connectivity index (χ0v) is 16.1. The monoisotopic (exact) mass is 356 g/mol. The Labute approximate surface area is 155 Å². The first-order chi connectivity index (χ1) is 12.3. The summed E-state index contributed by atoms with van der Waals surface area (Å²) in [7, 11) is 1.76. The second-order valence-corrected chi connectivity index (χ2v) is 8.40. The fourth-order valence-electron chi connectivity index (χ4n) is 4.66. The molecule has 2 aliphatic rings. The van der Waals surface area contributed by atoms with E-state index in [1.54, 1.807) is 7.11 Å². The van der Waals surface area contributed by atoms with Crippen LogP contribution in [-0.4, -0.2) is 36.8 Å². The average molecular weight is 356 g/mol. The van der Waals surface area contributed by atoms with Crippen molar-refractivity contribution in [1.82, 2.24) is 4.90 Å². The molecule has 0 N–H and O–H groups in total. The van der Waals surface area contributed by atoms with Gasteiger partial charge in [-0.25, -0.2) is 4.79 Å². The number of likely N-dealkylation sites (tertiary alicyclic amines) is 1. The van der Waals surface area contributed by atoms with E-state index in [-0.39, 0.29) is 17.9 Å². The summed E-state index contributed by atoms with van der Waals surface area (Å²) in [6.45, 7) is 6.92. The molecule has 1 unspecified atom stereocenters. The second-order valence-electron chi connectivity index (χ2n) is 8.40. The molecule has 1 aliphatic heterocycles. The third kappa shape index (κ3) is 3.31. The minimum absolute atomic E-state index is 0.196. The number of amides is 1. The van der Waals surface area contributed by atoms with Gasteiger partial charge in [0.2, 0.25) is 0 Å². The fraction of sp³-hybridized carbons (Fsp3) is 0.619. The number of fused-ring (bicyclic) bond motifs is 2. The van der Waals surface area contributed by atoms with Gasteiger partial charge in [0, 0.05) is 32.0 Å². The molecular weight excluding hydrogens is 328 g/mol. The Morgan fingerprint density at radius 1 is 1.27 bits per heavy atom. The van der Waals surface area contributed by atoms with E-state index in [9.17, 15) is 10.1 Å². The summed E-state index contributed by atoms with van der Waals surface area (Å²) >= 11 is 0. The first-order valence-corrected chi connectivity index (χ1v) is 9.34. The molecule has 1 heterocycles. The minimum atomic E-state index is -0.497. The molecule has 1 amide bonds. The Hall–Kier alpha value is -2.06. The molecule has 2 bridgehead atoms. The maximum absolute atomic E-state index is 12.6. The van der Waals surface area contributed by atoms with Crippen LogP contribution in [0.1, 0.15) is 51.2 Å². The number of nitrogens with zero attached hydrogens (tertiary/aromatic N) is 2. The number of carbonyl (C=O) groups is 1. The SMILES string of the molecule is COC1(c2cccc(C#N)c2)[C@@H]2CCC[C@H]1CN(C(=O)OC(C)(C)C)C2. The van der Waals surface area contributed by atoms with Gasteiger partial charge in [0.25, 0.3) is 0 Å². The van der Waals surface area contributed by atoms with E-state index >= 15 is 0 Å². The predicted molar refractivity (Wildman–Crippen MR) is 98.5 cm³/mol. The van der Waals surface area contributed by atoms with Crippen LogP contribution in [-0.2, 0) is 15.1 Å². The fourth-order valence-corrected chi connectivity index (χ4v) is 4.66. The molecule has 1 aliphatic carbocycles. The van der Waals surface area contributed by atoms with E-state index < -0.39 is 11.2 Å². The lowest BCUT2D eigenvalue weighted by molar-refractivity contribution is -0.166. The maximum Gasteiger partial charge on any atom is 0.410 e. The van der Waals surface area contributed by atoms with Crippen LogP contribution in [0.3, 0.4) is 0 Å². The highest BCUT2D eigenvalue weighted by atomic mass is 16.6. The van der Waals surface area contributed by atoms with E-state index in [0.717, 1.165) is 24.8 Å². The summed E-state index contributed by atoms with van der Waals surface area (Å²) < 4.78 is 11.8. The molecule has 1 aromatic carbocycles. The number of nitriles is 1. The Bertz CT molecular complexity index is 703. The predicted octanol–water partition coefficient (Wildman–Crippen LogP) is 4.07. The van der Waals surface area contributed by atoms with Gasteiger partial charge >= 0.3 is 6.09 Å². The van der Waals surface area contributed by atoms with E-state index in [2.05, 4.69) is 12.1 Å². The first kappa shape index (κ1) is 18.7. The molecule has 3 atom stereocenters. The summed E-state index contributed by atoms with van der Waals surface area (Å²) in [5, 5.41) is 9.28. The van der Waals surface area contributed by atoms with Crippen molar-refractivity contribution in [3.8, 4) is 6.07 Å². The van der Waals surface area contributed by atoms with Crippen molar-refractivity contribution in [2.24, 2.45) is 11.8 Å². The summed E-state index contributed by atoms with van der Waals surface area (Å²) in [6, 6.07) is 9.96. The lowest BCUT2D eigenvalue weighted by atomic mass is 9.62. The number of ether oxygens (including phenoxy) is 2. The number of piperidine rings is 1. The molecule has 5 nitrogen and oxygen atoms in total. The van der Waals surface area contributed by atoms with Crippen LogP contribution in [0.5, 0.6) is 0 Å². The first-order valence-electron chi connectivity index (χ1n) is 9.34. The van der Waals surface area contributed by atoms with Gasteiger partial charge in [-0.05, 0) is 51.3 Å². The molecule has 1 saturated carbocycles. The van der Waals surface area contributed by atoms with Crippen molar-refractivity contribution in [2.75, 3.05) is 20.2 Å². The van der Waals surface area contributed by atoms with Gasteiger partial charge in [-0.15, -0.1) is 0 Å². The van der Waals surface area contributed by atoms with Gasteiger partial charge < -0.3 is 14.4 Å². The molecule has 2 fully saturated rings. The number of hydrogen-bond acceptors (Lipinski definition) is 4. The van der Waals surface area contributed by atoms with Crippen molar-refractivity contribution >= 4 is 6.09 Å². The van der Waals surface area contributed by atoms with Crippen molar-refractivity contribution in [2.45, 2.75) is 51.2 Å². The zero-order chi connectivity index (χ0) is 18.9. The van der Waals surface area contributed by atoms with Crippen molar-refractivity contribution < 1.29 is 14.3 Å². The molecule has 0 radical (unpaired) electrons. The number of methoxy groups -OCH3 is 1. The van der Waals surface area contributed by atoms with Crippen molar-refractivity contribution in [3.05, 3.63) is 35.4 Å².